The quantitative estimate of drug-likeness (QED) is 0.721. The fourth-order valence-corrected chi connectivity index (χ4v) is 2.11. The molecule has 0 saturated carbocycles. The molecule has 0 aliphatic carbocycles. The van der Waals surface area contributed by atoms with Crippen LogP contribution in [-0.4, -0.2) is 18.4 Å². The smallest absolute Gasteiger partial charge is 0.253 e. The number of carbonyl (C=O) groups excluding carboxylic acids is 2. The molecule has 0 unspecified atom stereocenters. The Labute approximate surface area is 143 Å². The summed E-state index contributed by atoms with van der Waals surface area (Å²) in [5, 5.41) is 2.22. The normalized spacial score (nSPS) is 10.3. The van der Waals surface area contributed by atoms with Gasteiger partial charge in [-0.05, 0) is 30.5 Å². The highest BCUT2D eigenvalue weighted by molar-refractivity contribution is 5.91. The van der Waals surface area contributed by atoms with Gasteiger partial charge in [-0.1, -0.05) is 30.3 Å². The zero-order valence-corrected chi connectivity index (χ0v) is 13.4. The summed E-state index contributed by atoms with van der Waals surface area (Å²) < 4.78 is 26.1. The molecule has 5 nitrogen and oxygen atoms in total. The van der Waals surface area contributed by atoms with Crippen molar-refractivity contribution in [1.82, 2.24) is 5.48 Å². The number of benzene rings is 2. The Morgan fingerprint density at radius 2 is 1.76 bits per heavy atom. The van der Waals surface area contributed by atoms with Crippen LogP contribution in [-0.2, 0) is 20.8 Å². The third kappa shape index (κ3) is 6.68. The van der Waals surface area contributed by atoms with E-state index in [1.54, 1.807) is 0 Å². The van der Waals surface area contributed by atoms with Crippen LogP contribution in [0.25, 0.3) is 0 Å². The first-order valence-electron chi connectivity index (χ1n) is 7.74. The maximum atomic E-state index is 13.4. The maximum Gasteiger partial charge on any atom is 0.253 e. The lowest BCUT2D eigenvalue weighted by Crippen LogP contribution is -2.29. The number of amides is 2. The summed E-state index contributed by atoms with van der Waals surface area (Å²) in [6, 6.07) is 12.5. The van der Waals surface area contributed by atoms with E-state index >= 15 is 0 Å². The highest BCUT2D eigenvalue weighted by Crippen LogP contribution is 2.14. The highest BCUT2D eigenvalue weighted by atomic mass is 19.1. The summed E-state index contributed by atoms with van der Waals surface area (Å²) in [5.41, 5.74) is 3.13. The van der Waals surface area contributed by atoms with Crippen LogP contribution in [0, 0.1) is 11.6 Å². The van der Waals surface area contributed by atoms with E-state index in [0.717, 1.165) is 24.1 Å². The van der Waals surface area contributed by atoms with Crippen molar-refractivity contribution in [3.63, 3.8) is 0 Å². The lowest BCUT2D eigenvalue weighted by Gasteiger charge is -2.08. The molecule has 2 rings (SSSR count). The molecule has 0 spiro atoms. The fourth-order valence-electron chi connectivity index (χ4n) is 2.11. The molecule has 0 aromatic heterocycles. The molecule has 0 aliphatic rings. The lowest BCUT2D eigenvalue weighted by atomic mass is 10.1. The molecule has 7 heteroatoms. The Morgan fingerprint density at radius 3 is 2.48 bits per heavy atom. The van der Waals surface area contributed by atoms with Gasteiger partial charge in [0.1, 0.15) is 11.6 Å². The molecule has 25 heavy (non-hydrogen) atoms. The van der Waals surface area contributed by atoms with Gasteiger partial charge < -0.3 is 5.32 Å². The first kappa shape index (κ1) is 18.5. The monoisotopic (exact) mass is 348 g/mol. The molecule has 132 valence electrons. The van der Waals surface area contributed by atoms with Crippen LogP contribution in [0.2, 0.25) is 0 Å². The Balaban J connectivity index is 1.62. The zero-order chi connectivity index (χ0) is 18.1. The molecule has 0 aliphatic heterocycles. The van der Waals surface area contributed by atoms with Crippen LogP contribution in [0.15, 0.2) is 48.5 Å². The van der Waals surface area contributed by atoms with Gasteiger partial charge in [-0.2, -0.15) is 0 Å². The third-order valence-corrected chi connectivity index (χ3v) is 3.31. The van der Waals surface area contributed by atoms with Crippen molar-refractivity contribution in [3.8, 4) is 0 Å². The topological polar surface area (TPSA) is 67.4 Å². The van der Waals surface area contributed by atoms with E-state index in [9.17, 15) is 18.4 Å². The zero-order valence-electron chi connectivity index (χ0n) is 13.4. The van der Waals surface area contributed by atoms with Crippen molar-refractivity contribution >= 4 is 17.5 Å². The number of anilines is 1. The van der Waals surface area contributed by atoms with Gasteiger partial charge in [-0.15, -0.1) is 0 Å². The fraction of sp³-hybridized carbons (Fsp3) is 0.222. The molecule has 0 heterocycles. The van der Waals surface area contributed by atoms with Crippen molar-refractivity contribution in [1.29, 1.82) is 0 Å². The van der Waals surface area contributed by atoms with Gasteiger partial charge in [0.05, 0.1) is 5.69 Å². The first-order chi connectivity index (χ1) is 12.0. The van der Waals surface area contributed by atoms with Crippen LogP contribution in [0.5, 0.6) is 0 Å². The second kappa shape index (κ2) is 9.48. The second-order valence-electron chi connectivity index (χ2n) is 5.33. The summed E-state index contributed by atoms with van der Waals surface area (Å²) in [7, 11) is 0. The van der Waals surface area contributed by atoms with Crippen LogP contribution >= 0.6 is 0 Å². The molecule has 0 radical (unpaired) electrons. The summed E-state index contributed by atoms with van der Waals surface area (Å²) in [6.45, 7) is -0.485. The van der Waals surface area contributed by atoms with Gasteiger partial charge in [0, 0.05) is 12.5 Å². The minimum Gasteiger partial charge on any atom is -0.321 e. The molecule has 2 amide bonds. The van der Waals surface area contributed by atoms with Crippen molar-refractivity contribution in [3.05, 3.63) is 65.7 Å². The number of carbonyl (C=O) groups is 2. The average molecular weight is 348 g/mol. The molecule has 2 N–H and O–H groups in total. The Hall–Kier alpha value is -2.80. The van der Waals surface area contributed by atoms with E-state index in [-0.39, 0.29) is 18.0 Å². The number of aryl methyl sites for hydroxylation is 1. The van der Waals surface area contributed by atoms with E-state index in [1.807, 2.05) is 30.3 Å². The SMILES string of the molecule is O=C(CCCc1ccccc1)NOCC(=O)Nc1ccc(F)cc1F. The molecule has 2 aromatic carbocycles. The number of hydrogen-bond acceptors (Lipinski definition) is 3. The number of hydrogen-bond donors (Lipinski definition) is 2. The van der Waals surface area contributed by atoms with Crippen LogP contribution in [0.1, 0.15) is 18.4 Å². The van der Waals surface area contributed by atoms with Gasteiger partial charge in [-0.25, -0.2) is 14.3 Å². The largest absolute Gasteiger partial charge is 0.321 e. The van der Waals surface area contributed by atoms with E-state index in [0.29, 0.717) is 12.5 Å². The van der Waals surface area contributed by atoms with Crippen LogP contribution < -0.4 is 10.8 Å². The average Bonchev–Trinajstić information content (AvgIpc) is 2.58. The van der Waals surface area contributed by atoms with Crippen molar-refractivity contribution in [2.75, 3.05) is 11.9 Å². The standard InChI is InChI=1S/C18H18F2N2O3/c19-14-9-10-16(15(20)11-14)21-18(24)12-25-22-17(23)8-4-7-13-5-2-1-3-6-13/h1-3,5-6,9-11H,4,7-8,12H2,(H,21,24)(H,22,23). The van der Waals surface area contributed by atoms with E-state index < -0.39 is 24.1 Å². The lowest BCUT2D eigenvalue weighted by molar-refractivity contribution is -0.137. The summed E-state index contributed by atoms with van der Waals surface area (Å²) in [6.07, 6.45) is 1.66. The Morgan fingerprint density at radius 1 is 1.00 bits per heavy atom. The molecule has 0 bridgehead atoms. The van der Waals surface area contributed by atoms with E-state index in [2.05, 4.69) is 10.8 Å². The third-order valence-electron chi connectivity index (χ3n) is 3.31. The highest BCUT2D eigenvalue weighted by Gasteiger charge is 2.09. The van der Waals surface area contributed by atoms with Crippen molar-refractivity contribution in [2.45, 2.75) is 19.3 Å². The molecule has 2 aromatic rings. The predicted molar refractivity (Wildman–Crippen MR) is 88.5 cm³/mol. The van der Waals surface area contributed by atoms with Gasteiger partial charge in [-0.3, -0.25) is 14.4 Å². The summed E-state index contributed by atoms with van der Waals surface area (Å²) >= 11 is 0. The molecule has 0 fully saturated rings. The molecule has 0 saturated heterocycles. The predicted octanol–water partition coefficient (Wildman–Crippen LogP) is 2.97. The minimum atomic E-state index is -0.890. The molecular weight excluding hydrogens is 330 g/mol. The number of rotatable bonds is 8. The van der Waals surface area contributed by atoms with Gasteiger partial charge >= 0.3 is 0 Å². The molecular formula is C18H18F2N2O3. The Kier molecular flexibility index (Phi) is 7.03. The van der Waals surface area contributed by atoms with Gasteiger partial charge in [0.2, 0.25) is 5.91 Å². The number of hydroxylamine groups is 1. The summed E-state index contributed by atoms with van der Waals surface area (Å²) in [5.74, 6) is -2.65. The number of halogens is 2. The van der Waals surface area contributed by atoms with Crippen molar-refractivity contribution < 1.29 is 23.2 Å². The summed E-state index contributed by atoms with van der Waals surface area (Å²) in [4.78, 5) is 28.0. The van der Waals surface area contributed by atoms with E-state index in [1.165, 1.54) is 0 Å². The Bertz CT molecular complexity index is 724. The van der Waals surface area contributed by atoms with E-state index in [4.69, 9.17) is 4.84 Å². The van der Waals surface area contributed by atoms with Crippen LogP contribution in [0.3, 0.4) is 0 Å². The van der Waals surface area contributed by atoms with Gasteiger partial charge in [0.15, 0.2) is 6.61 Å². The first-order valence-corrected chi connectivity index (χ1v) is 7.74. The number of nitrogens with one attached hydrogen (secondary N) is 2. The second-order valence-corrected chi connectivity index (χ2v) is 5.33. The van der Waals surface area contributed by atoms with Gasteiger partial charge in [0.25, 0.3) is 5.91 Å². The van der Waals surface area contributed by atoms with Crippen molar-refractivity contribution in [2.24, 2.45) is 0 Å². The maximum absolute atomic E-state index is 13.4. The molecule has 0 atom stereocenters. The minimum absolute atomic E-state index is 0.163. The van der Waals surface area contributed by atoms with Crippen LogP contribution in [0.4, 0.5) is 14.5 Å².